The first-order chi connectivity index (χ1) is 25.2. The third kappa shape index (κ3) is 4.58. The van der Waals surface area contributed by atoms with E-state index in [1.165, 1.54) is 73.0 Å². The van der Waals surface area contributed by atoms with Crippen LogP contribution in [0.2, 0.25) is 0 Å². The zero-order valence-corrected chi connectivity index (χ0v) is 29.0. The summed E-state index contributed by atoms with van der Waals surface area (Å²) in [7, 11) is 0. The average molecular weight is 685 g/mol. The van der Waals surface area contributed by atoms with Crippen LogP contribution in [0.1, 0.15) is 0 Å². The third-order valence-corrected chi connectivity index (χ3v) is 12.7. The molecule has 0 amide bonds. The standard InChI is InChI=1S/C47H28N2S2/c1-3-9-37-30(6-1)13-20-41-39-22-18-35(27-44(39)50-46(37)41)49(34-16-11-29(12-17-34)32-15-24-43-33(26-32)8-5-25-48-43)36-19-23-40-42-21-14-31-7-2-4-10-38(31)47(42)51-45(40)28-36/h1-28H. The minimum atomic E-state index is 1.01. The number of benzene rings is 8. The first-order valence-electron chi connectivity index (χ1n) is 17.2. The Bertz CT molecular complexity index is 3000. The van der Waals surface area contributed by atoms with E-state index in [0.717, 1.165) is 28.0 Å². The van der Waals surface area contributed by atoms with E-state index >= 15 is 0 Å². The van der Waals surface area contributed by atoms with Crippen molar-refractivity contribution in [2.24, 2.45) is 0 Å². The summed E-state index contributed by atoms with van der Waals surface area (Å²) in [5.41, 5.74) is 6.80. The molecule has 51 heavy (non-hydrogen) atoms. The lowest BCUT2D eigenvalue weighted by molar-refractivity contribution is 1.30. The van der Waals surface area contributed by atoms with Crippen molar-refractivity contribution in [3.63, 3.8) is 0 Å². The van der Waals surface area contributed by atoms with E-state index in [9.17, 15) is 0 Å². The van der Waals surface area contributed by atoms with Crippen LogP contribution in [0.25, 0.3) is 83.9 Å². The van der Waals surface area contributed by atoms with E-state index in [2.05, 4.69) is 168 Å². The van der Waals surface area contributed by atoms with Gasteiger partial charge in [-0.2, -0.15) is 0 Å². The van der Waals surface area contributed by atoms with Crippen molar-refractivity contribution in [3.05, 3.63) is 170 Å². The Morgan fingerprint density at radius 3 is 1.53 bits per heavy atom. The van der Waals surface area contributed by atoms with E-state index in [-0.39, 0.29) is 0 Å². The van der Waals surface area contributed by atoms with Crippen molar-refractivity contribution in [1.82, 2.24) is 4.98 Å². The maximum absolute atomic E-state index is 4.52. The number of thiophene rings is 2. The van der Waals surface area contributed by atoms with Crippen molar-refractivity contribution in [2.45, 2.75) is 0 Å². The van der Waals surface area contributed by atoms with Gasteiger partial charge in [0.2, 0.25) is 0 Å². The molecule has 3 heterocycles. The molecule has 0 aliphatic carbocycles. The Balaban J connectivity index is 1.09. The molecule has 8 aromatic carbocycles. The highest BCUT2D eigenvalue weighted by molar-refractivity contribution is 7.27. The van der Waals surface area contributed by atoms with Crippen molar-refractivity contribution >= 4 is 113 Å². The predicted molar refractivity (Wildman–Crippen MR) is 223 cm³/mol. The van der Waals surface area contributed by atoms with E-state index in [4.69, 9.17) is 0 Å². The van der Waals surface area contributed by atoms with Gasteiger partial charge in [-0.3, -0.25) is 4.98 Å². The van der Waals surface area contributed by atoms with Gasteiger partial charge in [-0.1, -0.05) is 109 Å². The molecule has 0 bridgehead atoms. The van der Waals surface area contributed by atoms with Gasteiger partial charge in [-0.15, -0.1) is 22.7 Å². The fourth-order valence-electron chi connectivity index (χ4n) is 7.77. The second-order valence-electron chi connectivity index (χ2n) is 13.2. The lowest BCUT2D eigenvalue weighted by Gasteiger charge is -2.26. The number of fused-ring (bicyclic) bond motifs is 11. The molecule has 0 aliphatic rings. The zero-order chi connectivity index (χ0) is 33.5. The van der Waals surface area contributed by atoms with Crippen LogP contribution in [0, 0.1) is 0 Å². The van der Waals surface area contributed by atoms with Gasteiger partial charge in [0.15, 0.2) is 0 Å². The van der Waals surface area contributed by atoms with Gasteiger partial charge in [-0.25, -0.2) is 0 Å². The summed E-state index contributed by atoms with van der Waals surface area (Å²) in [5, 5.41) is 11.6. The fourth-order valence-corrected chi connectivity index (χ4v) is 10.3. The van der Waals surface area contributed by atoms with Gasteiger partial charge in [-0.05, 0) is 87.3 Å². The van der Waals surface area contributed by atoms with Crippen LogP contribution >= 0.6 is 22.7 Å². The zero-order valence-electron chi connectivity index (χ0n) is 27.4. The first-order valence-corrected chi connectivity index (χ1v) is 18.8. The second-order valence-corrected chi connectivity index (χ2v) is 15.3. The van der Waals surface area contributed by atoms with Crippen LogP contribution < -0.4 is 4.90 Å². The SMILES string of the molecule is c1cnc2ccc(-c3ccc(N(c4ccc5c(c4)sc4c6ccccc6ccc54)c4ccc5c(c4)sc4c6ccccc6ccc54)cc3)cc2c1. The number of hydrogen-bond acceptors (Lipinski definition) is 4. The molecule has 0 atom stereocenters. The Morgan fingerprint density at radius 1 is 0.373 bits per heavy atom. The number of rotatable bonds is 4. The minimum Gasteiger partial charge on any atom is -0.310 e. The van der Waals surface area contributed by atoms with Gasteiger partial charge in [0, 0.05) is 69.0 Å². The highest BCUT2D eigenvalue weighted by Gasteiger charge is 2.18. The summed E-state index contributed by atoms with van der Waals surface area (Å²) in [6.07, 6.45) is 1.85. The van der Waals surface area contributed by atoms with Gasteiger partial charge >= 0.3 is 0 Å². The van der Waals surface area contributed by atoms with Crippen molar-refractivity contribution in [1.29, 1.82) is 0 Å². The number of anilines is 3. The molecule has 0 N–H and O–H groups in total. The summed E-state index contributed by atoms with van der Waals surface area (Å²) < 4.78 is 5.28. The number of hydrogen-bond donors (Lipinski definition) is 0. The Hall–Kier alpha value is -6.07. The maximum atomic E-state index is 4.52. The summed E-state index contributed by atoms with van der Waals surface area (Å²) in [4.78, 5) is 6.93. The molecule has 3 aromatic heterocycles. The molecular formula is C47H28N2S2. The molecule has 0 spiro atoms. The topological polar surface area (TPSA) is 16.1 Å². The molecule has 2 nitrogen and oxygen atoms in total. The highest BCUT2D eigenvalue weighted by atomic mass is 32.1. The molecule has 4 heteroatoms. The van der Waals surface area contributed by atoms with Crippen LogP contribution in [0.3, 0.4) is 0 Å². The molecule has 0 saturated heterocycles. The lowest BCUT2D eigenvalue weighted by atomic mass is 10.0. The van der Waals surface area contributed by atoms with Crippen LogP contribution in [-0.2, 0) is 0 Å². The van der Waals surface area contributed by atoms with E-state index in [1.807, 2.05) is 34.9 Å². The smallest absolute Gasteiger partial charge is 0.0702 e. The quantitative estimate of drug-likeness (QED) is 0.183. The first kappa shape index (κ1) is 28.7. The van der Waals surface area contributed by atoms with Crippen molar-refractivity contribution < 1.29 is 0 Å². The third-order valence-electron chi connectivity index (χ3n) is 10.3. The van der Waals surface area contributed by atoms with E-state index < -0.39 is 0 Å². The molecule has 11 aromatic rings. The molecule has 238 valence electrons. The molecular weight excluding hydrogens is 657 g/mol. The fraction of sp³-hybridized carbons (Fsp3) is 0. The van der Waals surface area contributed by atoms with Crippen molar-refractivity contribution in [3.8, 4) is 11.1 Å². The number of nitrogens with zero attached hydrogens (tertiary/aromatic N) is 2. The number of pyridine rings is 1. The van der Waals surface area contributed by atoms with E-state index in [0.29, 0.717) is 0 Å². The lowest BCUT2D eigenvalue weighted by Crippen LogP contribution is -2.09. The largest absolute Gasteiger partial charge is 0.310 e. The molecule has 11 rings (SSSR count). The van der Waals surface area contributed by atoms with Crippen molar-refractivity contribution in [2.75, 3.05) is 4.90 Å². The highest BCUT2D eigenvalue weighted by Crippen LogP contribution is 2.45. The predicted octanol–water partition coefficient (Wildman–Crippen LogP) is 14.4. The average Bonchev–Trinajstić information content (AvgIpc) is 3.76. The maximum Gasteiger partial charge on any atom is 0.0702 e. The minimum absolute atomic E-state index is 1.01. The summed E-state index contributed by atoms with van der Waals surface area (Å²) in [6, 6.07) is 60.1. The van der Waals surface area contributed by atoms with Gasteiger partial charge in [0.1, 0.15) is 0 Å². The molecule has 0 fully saturated rings. The Labute approximate surface area is 302 Å². The molecule has 0 radical (unpaired) electrons. The summed E-state index contributed by atoms with van der Waals surface area (Å²) in [6.45, 7) is 0. The molecule has 0 saturated carbocycles. The van der Waals surface area contributed by atoms with E-state index in [1.54, 1.807) is 0 Å². The van der Waals surface area contributed by atoms with Gasteiger partial charge < -0.3 is 4.90 Å². The van der Waals surface area contributed by atoms with Gasteiger partial charge in [0.25, 0.3) is 0 Å². The number of aromatic nitrogens is 1. The van der Waals surface area contributed by atoms with Crippen LogP contribution in [0.5, 0.6) is 0 Å². The van der Waals surface area contributed by atoms with Gasteiger partial charge in [0.05, 0.1) is 5.52 Å². The Kier molecular flexibility index (Phi) is 6.32. The summed E-state index contributed by atoms with van der Waals surface area (Å²) in [5.74, 6) is 0. The molecule has 0 aliphatic heterocycles. The second kappa shape index (κ2) is 11.2. The Morgan fingerprint density at radius 2 is 0.902 bits per heavy atom. The molecule has 0 unspecified atom stereocenters. The van der Waals surface area contributed by atoms with Crippen LogP contribution in [0.15, 0.2) is 170 Å². The van der Waals surface area contributed by atoms with Crippen LogP contribution in [0.4, 0.5) is 17.1 Å². The summed E-state index contributed by atoms with van der Waals surface area (Å²) >= 11 is 3.78. The normalized spacial score (nSPS) is 11.9. The van der Waals surface area contributed by atoms with Crippen LogP contribution in [-0.4, -0.2) is 4.98 Å². The monoisotopic (exact) mass is 684 g/mol.